The van der Waals surface area contributed by atoms with Gasteiger partial charge in [0, 0.05) is 55.7 Å². The van der Waals surface area contributed by atoms with Crippen LogP contribution in [0.4, 0.5) is 10.5 Å². The number of urea groups is 1. The van der Waals surface area contributed by atoms with Crippen LogP contribution in [-0.4, -0.2) is 62.7 Å². The first-order valence-corrected chi connectivity index (χ1v) is 12.8. The van der Waals surface area contributed by atoms with Gasteiger partial charge in [-0.1, -0.05) is 36.4 Å². The van der Waals surface area contributed by atoms with Gasteiger partial charge in [-0.05, 0) is 54.3 Å². The van der Waals surface area contributed by atoms with E-state index in [0.717, 1.165) is 60.1 Å². The van der Waals surface area contributed by atoms with Crippen molar-refractivity contribution in [1.29, 1.82) is 0 Å². The maximum atomic E-state index is 13.0. The van der Waals surface area contributed by atoms with Gasteiger partial charge in [0.25, 0.3) is 0 Å². The fraction of sp³-hybridized carbons (Fsp3) is 0.310. The zero-order valence-electron chi connectivity index (χ0n) is 20.7. The molecule has 3 amide bonds. The summed E-state index contributed by atoms with van der Waals surface area (Å²) in [7, 11) is 0. The lowest BCUT2D eigenvalue weighted by molar-refractivity contribution is -0.131. The molecule has 0 saturated carbocycles. The molecule has 37 heavy (non-hydrogen) atoms. The van der Waals surface area contributed by atoms with Crippen molar-refractivity contribution >= 4 is 28.4 Å². The summed E-state index contributed by atoms with van der Waals surface area (Å²) >= 11 is 0. The van der Waals surface area contributed by atoms with Gasteiger partial charge in [-0.25, -0.2) is 4.79 Å². The zero-order valence-corrected chi connectivity index (χ0v) is 20.7. The van der Waals surface area contributed by atoms with Crippen molar-refractivity contribution < 1.29 is 9.59 Å². The van der Waals surface area contributed by atoms with E-state index in [9.17, 15) is 9.59 Å². The van der Waals surface area contributed by atoms with E-state index in [4.69, 9.17) is 0 Å². The molecule has 0 bridgehead atoms. The highest BCUT2D eigenvalue weighted by Gasteiger charge is 2.42. The second-order valence-corrected chi connectivity index (χ2v) is 10.1. The monoisotopic (exact) mass is 494 g/mol. The summed E-state index contributed by atoms with van der Waals surface area (Å²) in [6, 6.07) is 19.7. The second-order valence-electron chi connectivity index (χ2n) is 10.1. The molecular weight excluding hydrogens is 464 g/mol. The summed E-state index contributed by atoms with van der Waals surface area (Å²) in [5.41, 5.74) is 2.75. The van der Waals surface area contributed by atoms with E-state index >= 15 is 0 Å². The van der Waals surface area contributed by atoms with Crippen LogP contribution in [0, 0.1) is 5.41 Å². The minimum absolute atomic E-state index is 0.0548. The predicted octanol–water partition coefficient (Wildman–Crippen LogP) is 4.64. The molecule has 8 heteroatoms. The van der Waals surface area contributed by atoms with Gasteiger partial charge in [-0.3, -0.25) is 14.5 Å². The molecule has 2 aliphatic rings. The van der Waals surface area contributed by atoms with Crippen LogP contribution in [0.5, 0.6) is 0 Å². The fourth-order valence-corrected chi connectivity index (χ4v) is 5.63. The largest absolute Gasteiger partial charge is 0.341 e. The number of hydrogen-bond donors (Lipinski definition) is 1. The maximum absolute atomic E-state index is 13.0. The topological polar surface area (TPSA) is 83.4 Å². The number of nitrogens with zero attached hydrogens (tertiary/aromatic N) is 5. The summed E-state index contributed by atoms with van der Waals surface area (Å²) < 4.78 is 1.71. The van der Waals surface area contributed by atoms with Gasteiger partial charge in [0.2, 0.25) is 5.91 Å². The van der Waals surface area contributed by atoms with Crippen molar-refractivity contribution in [1.82, 2.24) is 24.6 Å². The number of carbonyl (C=O) groups excluding carboxylic acids is 2. The van der Waals surface area contributed by atoms with E-state index in [1.54, 1.807) is 17.1 Å². The third kappa shape index (κ3) is 4.79. The minimum Gasteiger partial charge on any atom is -0.341 e. The van der Waals surface area contributed by atoms with Gasteiger partial charge in [0.1, 0.15) is 6.54 Å². The molecule has 4 heterocycles. The first-order chi connectivity index (χ1) is 18.1. The van der Waals surface area contributed by atoms with Crippen molar-refractivity contribution in [3.05, 3.63) is 79.3 Å². The fourth-order valence-electron chi connectivity index (χ4n) is 5.63. The molecule has 1 N–H and O–H groups in total. The van der Waals surface area contributed by atoms with Crippen LogP contribution in [0.1, 0.15) is 19.3 Å². The smallest absolute Gasteiger partial charge is 0.321 e. The van der Waals surface area contributed by atoms with E-state index in [1.165, 1.54) is 0 Å². The third-order valence-corrected chi connectivity index (χ3v) is 7.85. The summed E-state index contributed by atoms with van der Waals surface area (Å²) in [5, 5.41) is 9.83. The number of fused-ring (bicyclic) bond motifs is 1. The Labute approximate surface area is 215 Å². The number of pyridine rings is 1. The van der Waals surface area contributed by atoms with Crippen LogP contribution in [0.3, 0.4) is 0 Å². The Hall–Kier alpha value is -4.20. The lowest BCUT2D eigenvalue weighted by Gasteiger charge is -2.39. The lowest BCUT2D eigenvalue weighted by atomic mass is 9.78. The number of amides is 3. The number of piperidine rings is 1. The quantitative estimate of drug-likeness (QED) is 0.448. The molecule has 6 rings (SSSR count). The van der Waals surface area contributed by atoms with E-state index in [1.807, 2.05) is 64.5 Å². The number of hydrogen-bond acceptors (Lipinski definition) is 4. The molecule has 0 atom stereocenters. The minimum atomic E-state index is -0.0548. The Morgan fingerprint density at radius 3 is 2.41 bits per heavy atom. The maximum Gasteiger partial charge on any atom is 0.321 e. The van der Waals surface area contributed by atoms with Crippen LogP contribution in [0.25, 0.3) is 22.0 Å². The molecule has 2 saturated heterocycles. The van der Waals surface area contributed by atoms with Gasteiger partial charge in [-0.15, -0.1) is 0 Å². The molecule has 2 aromatic carbocycles. The Morgan fingerprint density at radius 2 is 1.59 bits per heavy atom. The molecule has 2 fully saturated rings. The Bertz CT molecular complexity index is 1420. The molecule has 188 valence electrons. The molecule has 8 nitrogen and oxygen atoms in total. The number of nitrogens with one attached hydrogen (secondary N) is 1. The molecule has 0 unspecified atom stereocenters. The summed E-state index contributed by atoms with van der Waals surface area (Å²) in [6.07, 6.45) is 8.14. The van der Waals surface area contributed by atoms with E-state index in [0.29, 0.717) is 13.1 Å². The number of anilines is 1. The molecular formula is C29H30N6O2. The SMILES string of the molecule is O=C(Cn1ccc(-c2ccncc2)n1)N1CCC2(CCN(C(=O)Nc3cccc4ccccc34)CC2)C1. The Morgan fingerprint density at radius 1 is 0.865 bits per heavy atom. The predicted molar refractivity (Wildman–Crippen MR) is 143 cm³/mol. The number of carbonyl (C=O) groups is 2. The molecule has 2 aromatic heterocycles. The van der Waals surface area contributed by atoms with Crippen LogP contribution < -0.4 is 5.32 Å². The average Bonchev–Trinajstić information content (AvgIpc) is 3.57. The van der Waals surface area contributed by atoms with Gasteiger partial charge >= 0.3 is 6.03 Å². The van der Waals surface area contributed by atoms with Crippen LogP contribution in [-0.2, 0) is 11.3 Å². The first-order valence-electron chi connectivity index (χ1n) is 12.8. The van der Waals surface area contributed by atoms with Crippen LogP contribution in [0.2, 0.25) is 0 Å². The van der Waals surface area contributed by atoms with Gasteiger partial charge in [0.05, 0.1) is 11.4 Å². The number of benzene rings is 2. The summed E-state index contributed by atoms with van der Waals surface area (Å²) in [6.45, 7) is 3.16. The normalized spacial score (nSPS) is 16.9. The third-order valence-electron chi connectivity index (χ3n) is 7.85. The van der Waals surface area contributed by atoms with Crippen molar-refractivity contribution in [3.63, 3.8) is 0 Å². The molecule has 1 spiro atoms. The first kappa shape index (κ1) is 23.2. The standard InChI is InChI=1S/C29H30N6O2/c36-27(20-35-16-10-25(32-35)23-8-14-30-15-9-23)34-19-13-29(21-34)11-17-33(18-12-29)28(37)31-26-7-3-5-22-4-1-2-6-24(22)26/h1-10,14-16H,11-13,17-21H2,(H,31,37). The molecule has 2 aliphatic heterocycles. The lowest BCUT2D eigenvalue weighted by Crippen LogP contribution is -2.46. The van der Waals surface area contributed by atoms with Crippen LogP contribution in [0.15, 0.2) is 79.3 Å². The number of likely N-dealkylation sites (tertiary alicyclic amines) is 2. The number of rotatable bonds is 4. The Kier molecular flexibility index (Phi) is 6.08. The van der Waals surface area contributed by atoms with Gasteiger partial charge in [-0.2, -0.15) is 5.10 Å². The van der Waals surface area contributed by atoms with E-state index < -0.39 is 0 Å². The second kappa shape index (κ2) is 9.69. The van der Waals surface area contributed by atoms with Crippen molar-refractivity contribution in [2.45, 2.75) is 25.8 Å². The van der Waals surface area contributed by atoms with Crippen molar-refractivity contribution in [2.75, 3.05) is 31.5 Å². The molecule has 4 aromatic rings. The highest BCUT2D eigenvalue weighted by molar-refractivity contribution is 6.01. The summed E-state index contributed by atoms with van der Waals surface area (Å²) in [5.74, 6) is 0.0948. The van der Waals surface area contributed by atoms with Gasteiger partial charge < -0.3 is 15.1 Å². The molecule has 0 aliphatic carbocycles. The molecule has 0 radical (unpaired) electrons. The van der Waals surface area contributed by atoms with Gasteiger partial charge in [0.15, 0.2) is 0 Å². The zero-order chi connectivity index (χ0) is 25.2. The van der Waals surface area contributed by atoms with Crippen molar-refractivity contribution in [3.8, 4) is 11.3 Å². The highest BCUT2D eigenvalue weighted by Crippen LogP contribution is 2.40. The van der Waals surface area contributed by atoms with E-state index in [2.05, 4.69) is 27.5 Å². The van der Waals surface area contributed by atoms with Crippen molar-refractivity contribution in [2.24, 2.45) is 5.41 Å². The summed E-state index contributed by atoms with van der Waals surface area (Å²) in [4.78, 5) is 34.0. The number of aromatic nitrogens is 3. The average molecular weight is 495 g/mol. The highest BCUT2D eigenvalue weighted by atomic mass is 16.2. The Balaban J connectivity index is 1.03. The van der Waals surface area contributed by atoms with Crippen LogP contribution >= 0.6 is 0 Å². The van der Waals surface area contributed by atoms with E-state index in [-0.39, 0.29) is 23.9 Å².